The summed E-state index contributed by atoms with van der Waals surface area (Å²) in [6, 6.07) is 5.06. The monoisotopic (exact) mass is 502 g/mol. The van der Waals surface area contributed by atoms with Crippen LogP contribution < -0.4 is 10.1 Å². The number of phenolic OH excluding ortho intramolecular Hbond substituents is 3. The van der Waals surface area contributed by atoms with Gasteiger partial charge in [0.2, 0.25) is 0 Å². The third kappa shape index (κ3) is 3.41. The number of aromatic nitrogens is 1. The van der Waals surface area contributed by atoms with E-state index in [0.717, 1.165) is 16.5 Å². The molecule has 0 bridgehead atoms. The van der Waals surface area contributed by atoms with Crippen LogP contribution in [0.1, 0.15) is 47.8 Å². The molecule has 0 fully saturated rings. The fourth-order valence-corrected chi connectivity index (χ4v) is 5.21. The zero-order chi connectivity index (χ0) is 26.8. The molecule has 2 heterocycles. The van der Waals surface area contributed by atoms with Crippen molar-refractivity contribution in [1.82, 2.24) is 10.3 Å². The summed E-state index contributed by atoms with van der Waals surface area (Å²) in [7, 11) is 0. The van der Waals surface area contributed by atoms with E-state index in [4.69, 9.17) is 4.74 Å². The molecule has 9 nitrogen and oxygen atoms in total. The Labute approximate surface area is 212 Å². The van der Waals surface area contributed by atoms with Crippen molar-refractivity contribution >= 4 is 28.3 Å². The number of H-pyrrole nitrogens is 1. The molecule has 5 N–H and O–H groups in total. The SMILES string of the molecule is CC(=O)c1c(O)c(C)c(O)c2c1OC1=CC(=O)/C(=C(/C)NCCc3c[nH]c4ccc(O)cc34)C(=O)[C@@]12C. The zero-order valence-corrected chi connectivity index (χ0v) is 20.8. The third-order valence-electron chi connectivity index (χ3n) is 7.30. The van der Waals surface area contributed by atoms with Crippen molar-refractivity contribution in [3.63, 3.8) is 0 Å². The minimum atomic E-state index is -1.55. The number of aromatic amines is 1. The third-order valence-corrected chi connectivity index (χ3v) is 7.30. The lowest BCUT2D eigenvalue weighted by atomic mass is 9.70. The summed E-state index contributed by atoms with van der Waals surface area (Å²) in [5, 5.41) is 35.2. The van der Waals surface area contributed by atoms with Crippen LogP contribution in [0.2, 0.25) is 0 Å². The van der Waals surface area contributed by atoms with Gasteiger partial charge in [-0.1, -0.05) is 0 Å². The summed E-state index contributed by atoms with van der Waals surface area (Å²) < 4.78 is 5.78. The van der Waals surface area contributed by atoms with Crippen LogP contribution >= 0.6 is 0 Å². The number of carbonyl (C=O) groups excluding carboxylic acids is 3. The predicted octanol–water partition coefficient (Wildman–Crippen LogP) is 3.59. The topological polar surface area (TPSA) is 149 Å². The minimum absolute atomic E-state index is 0.00421. The number of fused-ring (bicyclic) bond motifs is 4. The van der Waals surface area contributed by atoms with Crippen LogP contribution in [-0.4, -0.2) is 44.2 Å². The number of aromatic hydroxyl groups is 3. The Bertz CT molecular complexity index is 1610. The van der Waals surface area contributed by atoms with Gasteiger partial charge < -0.3 is 30.4 Å². The van der Waals surface area contributed by atoms with Gasteiger partial charge in [-0.05, 0) is 57.9 Å². The molecular weight excluding hydrogens is 476 g/mol. The molecule has 37 heavy (non-hydrogen) atoms. The molecule has 2 aromatic carbocycles. The molecule has 5 rings (SSSR count). The normalized spacial score (nSPS) is 19.8. The molecule has 0 unspecified atom stereocenters. The maximum atomic E-state index is 13.8. The van der Waals surface area contributed by atoms with Crippen LogP contribution in [0.25, 0.3) is 10.9 Å². The van der Waals surface area contributed by atoms with Crippen molar-refractivity contribution in [3.8, 4) is 23.0 Å². The van der Waals surface area contributed by atoms with Gasteiger partial charge in [0.25, 0.3) is 0 Å². The lowest BCUT2D eigenvalue weighted by molar-refractivity contribution is -0.123. The molecule has 9 heteroatoms. The van der Waals surface area contributed by atoms with Gasteiger partial charge >= 0.3 is 0 Å². The number of ketones is 3. The van der Waals surface area contributed by atoms with E-state index in [1.54, 1.807) is 25.1 Å². The summed E-state index contributed by atoms with van der Waals surface area (Å²) in [4.78, 5) is 42.3. The first kappa shape index (κ1) is 24.2. The van der Waals surface area contributed by atoms with Crippen molar-refractivity contribution < 1.29 is 34.4 Å². The van der Waals surface area contributed by atoms with E-state index >= 15 is 0 Å². The van der Waals surface area contributed by atoms with Gasteiger partial charge in [0, 0.05) is 41.0 Å². The average Bonchev–Trinajstić information content (AvgIpc) is 3.36. The Kier molecular flexibility index (Phi) is 5.40. The molecule has 2 aliphatic rings. The zero-order valence-electron chi connectivity index (χ0n) is 20.8. The van der Waals surface area contributed by atoms with E-state index in [1.165, 1.54) is 26.8 Å². The Morgan fingerprint density at radius 1 is 1.14 bits per heavy atom. The number of benzene rings is 2. The number of phenols is 3. The molecule has 1 aliphatic heterocycles. The second-order valence-electron chi connectivity index (χ2n) is 9.61. The molecule has 0 saturated carbocycles. The molecule has 1 aliphatic carbocycles. The Morgan fingerprint density at radius 3 is 2.57 bits per heavy atom. The van der Waals surface area contributed by atoms with E-state index in [2.05, 4.69) is 10.3 Å². The summed E-state index contributed by atoms with van der Waals surface area (Å²) in [5.41, 5.74) is 0.539. The van der Waals surface area contributed by atoms with Crippen LogP contribution in [-0.2, 0) is 21.4 Å². The first-order valence-electron chi connectivity index (χ1n) is 11.8. The summed E-state index contributed by atoms with van der Waals surface area (Å²) in [5.74, 6) is -2.38. The van der Waals surface area contributed by atoms with E-state index in [-0.39, 0.29) is 45.3 Å². The number of ether oxygens (including phenoxy) is 1. The lowest BCUT2D eigenvalue weighted by Crippen LogP contribution is -2.41. The van der Waals surface area contributed by atoms with Gasteiger partial charge in [-0.3, -0.25) is 14.4 Å². The number of hydrogen-bond acceptors (Lipinski definition) is 8. The van der Waals surface area contributed by atoms with Crippen LogP contribution in [0.5, 0.6) is 23.0 Å². The minimum Gasteiger partial charge on any atom is -0.508 e. The molecule has 1 aromatic heterocycles. The molecule has 0 amide bonds. The summed E-state index contributed by atoms with van der Waals surface area (Å²) >= 11 is 0. The molecule has 190 valence electrons. The molecule has 0 saturated heterocycles. The van der Waals surface area contributed by atoms with E-state index in [0.29, 0.717) is 18.7 Å². The highest BCUT2D eigenvalue weighted by atomic mass is 16.5. The Morgan fingerprint density at radius 2 is 1.86 bits per heavy atom. The maximum Gasteiger partial charge on any atom is 0.194 e. The number of carbonyl (C=O) groups is 3. The number of Topliss-reactive ketones (excluding diaryl/α,β-unsaturated/α-hetero) is 2. The maximum absolute atomic E-state index is 13.8. The van der Waals surface area contributed by atoms with Gasteiger partial charge in [0.15, 0.2) is 17.3 Å². The van der Waals surface area contributed by atoms with Gasteiger partial charge in [0.05, 0.1) is 11.1 Å². The quantitative estimate of drug-likeness (QED) is 0.202. The van der Waals surface area contributed by atoms with E-state index in [1.807, 2.05) is 6.20 Å². The van der Waals surface area contributed by atoms with Crippen LogP contribution in [0.3, 0.4) is 0 Å². The highest BCUT2D eigenvalue weighted by Gasteiger charge is 2.56. The van der Waals surface area contributed by atoms with Gasteiger partial charge in [-0.15, -0.1) is 0 Å². The first-order valence-corrected chi connectivity index (χ1v) is 11.8. The molecule has 1 atom stereocenters. The Balaban J connectivity index is 1.50. The van der Waals surface area contributed by atoms with Crippen LogP contribution in [0.4, 0.5) is 0 Å². The van der Waals surface area contributed by atoms with Crippen molar-refractivity contribution in [2.24, 2.45) is 0 Å². The van der Waals surface area contributed by atoms with Crippen LogP contribution in [0.15, 0.2) is 47.5 Å². The van der Waals surface area contributed by atoms with Gasteiger partial charge in [-0.25, -0.2) is 0 Å². The van der Waals surface area contributed by atoms with E-state index in [9.17, 15) is 29.7 Å². The first-order chi connectivity index (χ1) is 17.5. The standard InChI is InChI=1S/C28H26N2O7/c1-12-24(34)22(14(3)31)26-23(25(12)35)28(4)20(37-26)10-19(33)21(27(28)36)13(2)29-8-7-15-11-30-18-6-5-16(32)9-17(15)18/h5-6,9-11,29-30,32,34-35H,7-8H2,1-4H3/b21-13+/t28-/m0/s1. The van der Waals surface area contributed by atoms with E-state index < -0.39 is 28.5 Å². The smallest absolute Gasteiger partial charge is 0.194 e. The second kappa shape index (κ2) is 8.26. The van der Waals surface area contributed by atoms with Gasteiger partial charge in [-0.2, -0.15) is 0 Å². The fraction of sp³-hybridized carbons (Fsp3) is 0.250. The molecule has 3 aromatic rings. The number of rotatable bonds is 5. The van der Waals surface area contributed by atoms with Crippen LogP contribution in [0, 0.1) is 6.92 Å². The van der Waals surface area contributed by atoms with Crippen molar-refractivity contribution in [1.29, 1.82) is 0 Å². The average molecular weight is 503 g/mol. The number of allylic oxidation sites excluding steroid dienone is 4. The number of nitrogens with one attached hydrogen (secondary N) is 2. The lowest BCUT2D eigenvalue weighted by Gasteiger charge is -2.29. The van der Waals surface area contributed by atoms with Gasteiger partial charge in [0.1, 0.15) is 39.7 Å². The Hall–Kier alpha value is -4.53. The highest BCUT2D eigenvalue weighted by molar-refractivity contribution is 6.31. The largest absolute Gasteiger partial charge is 0.508 e. The number of hydrogen-bond donors (Lipinski definition) is 5. The summed E-state index contributed by atoms with van der Waals surface area (Å²) in [6.07, 6.45) is 3.60. The van der Waals surface area contributed by atoms with Crippen molar-refractivity contribution in [2.45, 2.75) is 39.5 Å². The predicted molar refractivity (Wildman–Crippen MR) is 135 cm³/mol. The molecule has 0 spiro atoms. The fourth-order valence-electron chi connectivity index (χ4n) is 5.21. The van der Waals surface area contributed by atoms with Crippen molar-refractivity contribution in [2.75, 3.05) is 6.54 Å². The highest BCUT2D eigenvalue weighted by Crippen LogP contribution is 2.57. The summed E-state index contributed by atoms with van der Waals surface area (Å²) in [6.45, 7) is 6.26. The molecule has 0 radical (unpaired) electrons. The van der Waals surface area contributed by atoms with Crippen molar-refractivity contribution in [3.05, 3.63) is 69.8 Å². The second-order valence-corrected chi connectivity index (χ2v) is 9.61. The molecular formula is C28H26N2O7.